The van der Waals surface area contributed by atoms with E-state index in [4.69, 9.17) is 16.3 Å². The van der Waals surface area contributed by atoms with E-state index < -0.39 is 6.10 Å². The zero-order valence-corrected chi connectivity index (χ0v) is 19.1. The molecule has 1 amide bonds. The van der Waals surface area contributed by atoms with Gasteiger partial charge in [0.25, 0.3) is 0 Å². The Kier molecular flexibility index (Phi) is 4.70. The predicted molar refractivity (Wildman–Crippen MR) is 124 cm³/mol. The van der Waals surface area contributed by atoms with Gasteiger partial charge in [-0.05, 0) is 55.7 Å². The van der Waals surface area contributed by atoms with E-state index in [1.807, 2.05) is 12.1 Å². The molecule has 2 N–H and O–H groups in total. The predicted octanol–water partition coefficient (Wildman–Crippen LogP) is 2.90. The molecule has 2 bridgehead atoms. The van der Waals surface area contributed by atoms with Crippen molar-refractivity contribution >= 4 is 39.8 Å². The number of aliphatic hydroxyl groups excluding tert-OH is 1. The van der Waals surface area contributed by atoms with Gasteiger partial charge in [0, 0.05) is 37.8 Å². The zero-order valence-electron chi connectivity index (χ0n) is 18.3. The van der Waals surface area contributed by atoms with Gasteiger partial charge < -0.3 is 20.1 Å². The number of benzene rings is 1. The van der Waals surface area contributed by atoms with E-state index in [0.29, 0.717) is 24.1 Å². The molecule has 2 saturated heterocycles. The van der Waals surface area contributed by atoms with Gasteiger partial charge in [0.15, 0.2) is 0 Å². The van der Waals surface area contributed by atoms with Crippen LogP contribution in [0.4, 0.5) is 11.5 Å². The smallest absolute Gasteiger partial charge is 0.231 e. The summed E-state index contributed by atoms with van der Waals surface area (Å²) in [5, 5.41) is 16.1. The van der Waals surface area contributed by atoms with Gasteiger partial charge >= 0.3 is 0 Å². The van der Waals surface area contributed by atoms with Gasteiger partial charge in [-0.25, -0.2) is 4.98 Å². The summed E-state index contributed by atoms with van der Waals surface area (Å²) in [4.78, 5) is 21.7. The number of nitrogens with one attached hydrogen (secondary N) is 1. The number of piperazine rings is 1. The highest BCUT2D eigenvalue weighted by atomic mass is 35.5. The molecule has 7 rings (SSSR count). The lowest BCUT2D eigenvalue weighted by Crippen LogP contribution is -2.60. The maximum absolute atomic E-state index is 12.6. The summed E-state index contributed by atoms with van der Waals surface area (Å²) in [6, 6.07) is 6.00. The minimum Gasteiger partial charge on any atom is -0.389 e. The molecule has 1 aromatic carbocycles. The van der Waals surface area contributed by atoms with E-state index in [2.05, 4.69) is 33.1 Å². The summed E-state index contributed by atoms with van der Waals surface area (Å²) >= 11 is 6.65. The first-order valence-electron chi connectivity index (χ1n) is 11.5. The fourth-order valence-corrected chi connectivity index (χ4v) is 6.17. The number of aliphatic hydroxyl groups is 1. The van der Waals surface area contributed by atoms with Crippen molar-refractivity contribution in [3.8, 4) is 0 Å². The number of rotatable bonds is 4. The number of aromatic nitrogens is 1. The molecule has 8 heteroatoms. The molecule has 2 unspecified atom stereocenters. The third kappa shape index (κ3) is 3.13. The van der Waals surface area contributed by atoms with Crippen molar-refractivity contribution in [2.75, 3.05) is 49.6 Å². The number of halogens is 1. The second kappa shape index (κ2) is 7.29. The monoisotopic (exact) mass is 456 g/mol. The lowest BCUT2D eigenvalue weighted by molar-refractivity contribution is -0.158. The Hall–Kier alpha value is -1.93. The van der Waals surface area contributed by atoms with Crippen LogP contribution in [0.15, 0.2) is 24.4 Å². The summed E-state index contributed by atoms with van der Waals surface area (Å²) in [5.41, 5.74) is 0.550. The second-order valence-corrected chi connectivity index (χ2v) is 10.7. The molecule has 0 radical (unpaired) electrons. The molecular weight excluding hydrogens is 428 g/mol. The maximum Gasteiger partial charge on any atom is 0.231 e. The van der Waals surface area contributed by atoms with E-state index >= 15 is 0 Å². The fraction of sp³-hybridized carbons (Fsp3) is 0.583. The van der Waals surface area contributed by atoms with Gasteiger partial charge in [0.05, 0.1) is 41.0 Å². The number of hydrogen-bond donors (Lipinski definition) is 2. The van der Waals surface area contributed by atoms with Crippen LogP contribution in [-0.2, 0) is 9.53 Å². The van der Waals surface area contributed by atoms with E-state index in [9.17, 15) is 9.90 Å². The van der Waals surface area contributed by atoms with E-state index in [0.717, 1.165) is 67.8 Å². The van der Waals surface area contributed by atoms with Crippen LogP contribution >= 0.6 is 11.6 Å². The number of nitrogens with zero attached hydrogens (tertiary/aromatic N) is 3. The van der Waals surface area contributed by atoms with Crippen molar-refractivity contribution in [2.45, 2.75) is 37.8 Å². The molecule has 3 aliphatic carbocycles. The van der Waals surface area contributed by atoms with Crippen molar-refractivity contribution in [2.24, 2.45) is 11.3 Å². The molecule has 7 nitrogen and oxygen atoms in total. The molecule has 3 heterocycles. The van der Waals surface area contributed by atoms with Crippen LogP contribution in [0.5, 0.6) is 0 Å². The first kappa shape index (κ1) is 20.7. The van der Waals surface area contributed by atoms with Crippen LogP contribution in [-0.4, -0.2) is 71.9 Å². The molecule has 170 valence electrons. The summed E-state index contributed by atoms with van der Waals surface area (Å²) in [6.07, 6.45) is 4.41. The minimum absolute atomic E-state index is 0.115. The quantitative estimate of drug-likeness (QED) is 0.736. The van der Waals surface area contributed by atoms with Gasteiger partial charge in [-0.1, -0.05) is 11.6 Å². The Morgan fingerprint density at radius 2 is 1.94 bits per heavy atom. The molecule has 5 fully saturated rings. The zero-order chi connectivity index (χ0) is 22.1. The molecule has 2 atom stereocenters. The number of fused-ring (bicyclic) bond motifs is 1. The Morgan fingerprint density at radius 1 is 1.19 bits per heavy atom. The van der Waals surface area contributed by atoms with Gasteiger partial charge in [-0.2, -0.15) is 0 Å². The average Bonchev–Trinajstić information content (AvgIpc) is 3.05. The third-order valence-electron chi connectivity index (χ3n) is 8.28. The van der Waals surface area contributed by atoms with Crippen LogP contribution in [0, 0.1) is 11.3 Å². The van der Waals surface area contributed by atoms with Gasteiger partial charge in [0.2, 0.25) is 5.91 Å². The van der Waals surface area contributed by atoms with Crippen LogP contribution in [0.2, 0.25) is 5.02 Å². The van der Waals surface area contributed by atoms with Crippen molar-refractivity contribution < 1.29 is 14.6 Å². The number of amides is 1. The Balaban J connectivity index is 1.19. The van der Waals surface area contributed by atoms with Crippen molar-refractivity contribution in [3.63, 3.8) is 0 Å². The fourth-order valence-electron chi connectivity index (χ4n) is 5.88. The lowest BCUT2D eigenvalue weighted by Gasteiger charge is -2.59. The number of carbonyl (C=O) groups excluding carboxylic acids is 1. The summed E-state index contributed by atoms with van der Waals surface area (Å²) in [5.74, 6) is 1.49. The number of ether oxygens (including phenoxy) is 1. The molecule has 0 spiro atoms. The van der Waals surface area contributed by atoms with Gasteiger partial charge in [0.1, 0.15) is 5.82 Å². The van der Waals surface area contributed by atoms with Crippen LogP contribution in [0.3, 0.4) is 0 Å². The van der Waals surface area contributed by atoms with Gasteiger partial charge in [-0.3, -0.25) is 9.69 Å². The number of anilines is 2. The summed E-state index contributed by atoms with van der Waals surface area (Å²) in [7, 11) is 0. The number of carbonyl (C=O) groups is 1. The summed E-state index contributed by atoms with van der Waals surface area (Å²) in [6.45, 7) is 6.38. The average molecular weight is 457 g/mol. The van der Waals surface area contributed by atoms with Crippen molar-refractivity contribution in [1.82, 2.24) is 9.88 Å². The molecule has 3 saturated carbocycles. The van der Waals surface area contributed by atoms with E-state index in [-0.39, 0.29) is 16.9 Å². The highest BCUT2D eigenvalue weighted by Gasteiger charge is 2.61. The number of pyridine rings is 1. The highest BCUT2D eigenvalue weighted by Crippen LogP contribution is 2.64. The van der Waals surface area contributed by atoms with E-state index in [1.165, 1.54) is 0 Å². The topological polar surface area (TPSA) is 77.9 Å². The Bertz CT molecular complexity index is 1070. The van der Waals surface area contributed by atoms with Crippen LogP contribution < -0.4 is 10.2 Å². The lowest BCUT2D eigenvalue weighted by atomic mass is 9.44. The van der Waals surface area contributed by atoms with Crippen molar-refractivity contribution in [3.05, 3.63) is 29.4 Å². The van der Waals surface area contributed by atoms with Gasteiger partial charge in [-0.15, -0.1) is 0 Å². The first-order chi connectivity index (χ1) is 15.4. The summed E-state index contributed by atoms with van der Waals surface area (Å²) < 4.78 is 5.52. The Labute approximate surface area is 192 Å². The molecule has 32 heavy (non-hydrogen) atoms. The second-order valence-electron chi connectivity index (χ2n) is 10.3. The highest BCUT2D eigenvalue weighted by molar-refractivity contribution is 6.34. The molecule has 2 aromatic rings. The van der Waals surface area contributed by atoms with Crippen LogP contribution in [0.1, 0.15) is 26.2 Å². The normalized spacial score (nSPS) is 34.3. The largest absolute Gasteiger partial charge is 0.389 e. The third-order valence-corrected chi connectivity index (χ3v) is 8.58. The standard InChI is InChI=1S/C24H29ClN4O3/c1-23(14-32-13-20(23)30)29-4-2-28(3-5-29)19-7-16-8-21(26-12-17(16)6-18(19)25)27-22(31)24-9-15(10-24)11-24/h6-8,12,15,20,30H,2-5,9-11,13-14H2,1H3,(H,26,27,31). The molecule has 5 aliphatic rings. The molecule has 2 aliphatic heterocycles. The molecular formula is C24H29ClN4O3. The number of hydrogen-bond acceptors (Lipinski definition) is 6. The van der Waals surface area contributed by atoms with Crippen molar-refractivity contribution in [1.29, 1.82) is 0 Å². The van der Waals surface area contributed by atoms with Crippen LogP contribution in [0.25, 0.3) is 10.8 Å². The SMILES string of the molecule is CC1(N2CCN(c3cc4cc(NC(=O)C56CC(C5)C6)ncc4cc3Cl)CC2)COCC1O. The molecule has 1 aromatic heterocycles. The Morgan fingerprint density at radius 3 is 2.56 bits per heavy atom. The minimum atomic E-state index is -0.454. The first-order valence-corrected chi connectivity index (χ1v) is 11.9. The maximum atomic E-state index is 12.6. The van der Waals surface area contributed by atoms with E-state index in [1.54, 1.807) is 6.20 Å².